The first-order valence-electron chi connectivity index (χ1n) is 6.82. The number of carbonyl (C=O) groups is 1. The minimum atomic E-state index is -0.553. The highest BCUT2D eigenvalue weighted by molar-refractivity contribution is 6.30. The maximum absolute atomic E-state index is 11.7. The van der Waals surface area contributed by atoms with Crippen molar-refractivity contribution >= 4 is 23.6 Å². The molecule has 0 aliphatic carbocycles. The van der Waals surface area contributed by atoms with E-state index in [0.29, 0.717) is 22.1 Å². The van der Waals surface area contributed by atoms with Gasteiger partial charge in [0.2, 0.25) is 0 Å². The molecule has 0 fully saturated rings. The van der Waals surface area contributed by atoms with Gasteiger partial charge >= 0.3 is 5.97 Å². The molecule has 0 bridgehead atoms. The fourth-order valence-corrected chi connectivity index (χ4v) is 1.85. The molecule has 0 N–H and O–H groups in total. The van der Waals surface area contributed by atoms with E-state index in [1.807, 2.05) is 0 Å². The van der Waals surface area contributed by atoms with Crippen molar-refractivity contribution < 1.29 is 14.3 Å². The van der Waals surface area contributed by atoms with Crippen molar-refractivity contribution in [2.75, 3.05) is 6.61 Å². The first-order chi connectivity index (χ1) is 11.6. The Kier molecular flexibility index (Phi) is 5.96. The Bertz CT molecular complexity index is 813. The number of ether oxygens (including phenoxy) is 2. The van der Waals surface area contributed by atoms with Crippen molar-refractivity contribution in [1.29, 1.82) is 10.5 Å². The molecule has 0 radical (unpaired) electrons. The predicted octanol–water partition coefficient (Wildman–Crippen LogP) is 3.75. The number of hydrogen-bond acceptors (Lipinski definition) is 5. The molecule has 5 nitrogen and oxygen atoms in total. The molecule has 24 heavy (non-hydrogen) atoms. The van der Waals surface area contributed by atoms with Crippen LogP contribution in [0.3, 0.4) is 0 Å². The largest absolute Gasteiger partial charge is 0.482 e. The van der Waals surface area contributed by atoms with Crippen molar-refractivity contribution in [2.24, 2.45) is 0 Å². The van der Waals surface area contributed by atoms with Crippen LogP contribution in [0.15, 0.2) is 54.1 Å². The molecule has 0 saturated carbocycles. The Hall–Kier alpha value is -3.28. The van der Waals surface area contributed by atoms with E-state index in [0.717, 1.165) is 0 Å². The Morgan fingerprint density at radius 1 is 1.00 bits per heavy atom. The summed E-state index contributed by atoms with van der Waals surface area (Å²) >= 11 is 5.76. The van der Waals surface area contributed by atoms with Crippen LogP contribution < -0.4 is 9.47 Å². The van der Waals surface area contributed by atoms with Gasteiger partial charge in [0.05, 0.1) is 0 Å². The molecule has 6 heteroatoms. The van der Waals surface area contributed by atoms with Crippen LogP contribution in [0.25, 0.3) is 6.08 Å². The normalized spacial score (nSPS) is 9.29. The summed E-state index contributed by atoms with van der Waals surface area (Å²) in [6, 6.07) is 16.6. The van der Waals surface area contributed by atoms with E-state index < -0.39 is 5.97 Å². The van der Waals surface area contributed by atoms with E-state index in [4.69, 9.17) is 31.6 Å². The van der Waals surface area contributed by atoms with Gasteiger partial charge in [-0.05, 0) is 48.0 Å². The zero-order valence-corrected chi connectivity index (χ0v) is 13.2. The molecule has 0 unspecified atom stereocenters. The second-order valence-corrected chi connectivity index (χ2v) is 5.00. The van der Waals surface area contributed by atoms with Gasteiger partial charge in [-0.3, -0.25) is 0 Å². The monoisotopic (exact) mass is 338 g/mol. The Morgan fingerprint density at radius 3 is 2.17 bits per heavy atom. The van der Waals surface area contributed by atoms with Gasteiger partial charge in [-0.2, -0.15) is 10.5 Å². The van der Waals surface area contributed by atoms with Crippen LogP contribution in [0.5, 0.6) is 11.5 Å². The van der Waals surface area contributed by atoms with E-state index in [2.05, 4.69) is 0 Å². The van der Waals surface area contributed by atoms with Crippen LogP contribution in [-0.2, 0) is 4.79 Å². The molecule has 0 saturated heterocycles. The molecule has 2 aromatic rings. The maximum atomic E-state index is 11.7. The molecule has 0 heterocycles. The van der Waals surface area contributed by atoms with Crippen LogP contribution in [0, 0.1) is 22.7 Å². The van der Waals surface area contributed by atoms with Crippen molar-refractivity contribution in [3.05, 3.63) is 64.7 Å². The highest BCUT2D eigenvalue weighted by atomic mass is 35.5. The topological polar surface area (TPSA) is 83.1 Å². The average molecular weight is 339 g/mol. The smallest absolute Gasteiger partial charge is 0.349 e. The SMILES string of the molecule is N#CC(C#N)=Cc1ccc(OC(=O)COc2ccc(Cl)cc2)cc1. The van der Waals surface area contributed by atoms with Gasteiger partial charge in [-0.25, -0.2) is 4.79 Å². The van der Waals surface area contributed by atoms with Crippen molar-refractivity contribution in [3.8, 4) is 23.6 Å². The summed E-state index contributed by atoms with van der Waals surface area (Å²) in [5, 5.41) is 18.0. The molecule has 2 aromatic carbocycles. The molecule has 2 rings (SSSR count). The first-order valence-corrected chi connectivity index (χ1v) is 7.19. The van der Waals surface area contributed by atoms with Gasteiger partial charge in [0.1, 0.15) is 29.2 Å². The number of halogens is 1. The number of rotatable bonds is 5. The molecule has 0 atom stereocenters. The number of esters is 1. The van der Waals surface area contributed by atoms with E-state index in [1.165, 1.54) is 6.08 Å². The summed E-state index contributed by atoms with van der Waals surface area (Å²) in [6.45, 7) is -0.240. The lowest BCUT2D eigenvalue weighted by molar-refractivity contribution is -0.136. The Morgan fingerprint density at radius 2 is 1.58 bits per heavy atom. The lowest BCUT2D eigenvalue weighted by atomic mass is 10.1. The predicted molar refractivity (Wildman–Crippen MR) is 88.2 cm³/mol. The molecule has 0 aliphatic heterocycles. The van der Waals surface area contributed by atoms with Gasteiger partial charge in [-0.15, -0.1) is 0 Å². The molecule has 0 aromatic heterocycles. The lowest BCUT2D eigenvalue weighted by Gasteiger charge is -2.07. The molecular formula is C18H11ClN2O3. The van der Waals surface area contributed by atoms with E-state index in [1.54, 1.807) is 60.7 Å². The standard InChI is InChI=1S/C18H11ClN2O3/c19-15-3-7-16(8-4-15)23-12-18(22)24-17-5-1-13(2-6-17)9-14(10-20)11-21/h1-9H,12H2. The van der Waals surface area contributed by atoms with Gasteiger partial charge < -0.3 is 9.47 Å². The summed E-state index contributed by atoms with van der Waals surface area (Å²) < 4.78 is 10.4. The number of allylic oxidation sites excluding steroid dienone is 1. The van der Waals surface area contributed by atoms with Gasteiger partial charge in [-0.1, -0.05) is 23.7 Å². The minimum absolute atomic E-state index is 0.00360. The summed E-state index contributed by atoms with van der Waals surface area (Å²) in [6.07, 6.45) is 1.44. The van der Waals surface area contributed by atoms with E-state index in [-0.39, 0.29) is 12.2 Å². The van der Waals surface area contributed by atoms with Crippen LogP contribution in [0.1, 0.15) is 5.56 Å². The summed E-state index contributed by atoms with van der Waals surface area (Å²) in [7, 11) is 0. The quantitative estimate of drug-likeness (QED) is 0.471. The molecular weight excluding hydrogens is 328 g/mol. The minimum Gasteiger partial charge on any atom is -0.482 e. The number of nitriles is 2. The van der Waals surface area contributed by atoms with Gasteiger partial charge in [0.25, 0.3) is 0 Å². The zero-order valence-electron chi connectivity index (χ0n) is 12.4. The van der Waals surface area contributed by atoms with Gasteiger partial charge in [0, 0.05) is 5.02 Å². The van der Waals surface area contributed by atoms with Crippen molar-refractivity contribution in [3.63, 3.8) is 0 Å². The van der Waals surface area contributed by atoms with Crippen LogP contribution in [0.2, 0.25) is 5.02 Å². The van der Waals surface area contributed by atoms with Crippen LogP contribution >= 0.6 is 11.6 Å². The third kappa shape index (κ3) is 5.17. The van der Waals surface area contributed by atoms with Crippen molar-refractivity contribution in [2.45, 2.75) is 0 Å². The molecule has 0 aliphatic rings. The lowest BCUT2D eigenvalue weighted by Crippen LogP contribution is -2.17. The van der Waals surface area contributed by atoms with Crippen LogP contribution in [0.4, 0.5) is 0 Å². The average Bonchev–Trinajstić information content (AvgIpc) is 2.60. The highest BCUT2D eigenvalue weighted by Crippen LogP contribution is 2.17. The van der Waals surface area contributed by atoms with Crippen molar-refractivity contribution in [1.82, 2.24) is 0 Å². The fraction of sp³-hybridized carbons (Fsp3) is 0.0556. The summed E-state index contributed by atoms with van der Waals surface area (Å²) in [5.41, 5.74) is 0.654. The third-order valence-electron chi connectivity index (χ3n) is 2.83. The Balaban J connectivity index is 1.90. The number of carbonyl (C=O) groups excluding carboxylic acids is 1. The zero-order chi connectivity index (χ0) is 17.4. The first kappa shape index (κ1) is 17.1. The molecule has 118 valence electrons. The highest BCUT2D eigenvalue weighted by Gasteiger charge is 2.06. The number of benzene rings is 2. The fourth-order valence-electron chi connectivity index (χ4n) is 1.72. The van der Waals surface area contributed by atoms with Crippen LogP contribution in [-0.4, -0.2) is 12.6 Å². The third-order valence-corrected chi connectivity index (χ3v) is 3.09. The van der Waals surface area contributed by atoms with Gasteiger partial charge in [0.15, 0.2) is 6.61 Å². The number of nitrogens with zero attached hydrogens (tertiary/aromatic N) is 2. The van der Waals surface area contributed by atoms with E-state index in [9.17, 15) is 4.79 Å². The van der Waals surface area contributed by atoms with E-state index >= 15 is 0 Å². The number of hydrogen-bond donors (Lipinski definition) is 0. The summed E-state index contributed by atoms with van der Waals surface area (Å²) in [5.74, 6) is 0.299. The molecule has 0 amide bonds. The second kappa shape index (κ2) is 8.38. The second-order valence-electron chi connectivity index (χ2n) is 4.57. The molecule has 0 spiro atoms. The Labute approximate surface area is 143 Å². The summed E-state index contributed by atoms with van der Waals surface area (Å²) in [4.78, 5) is 11.7. The maximum Gasteiger partial charge on any atom is 0.349 e.